The van der Waals surface area contributed by atoms with Crippen molar-refractivity contribution < 1.29 is 4.79 Å². The van der Waals surface area contributed by atoms with Crippen LogP contribution in [0, 0.1) is 0 Å². The zero-order chi connectivity index (χ0) is 10.7. The summed E-state index contributed by atoms with van der Waals surface area (Å²) in [5.41, 5.74) is 1.54. The lowest BCUT2D eigenvalue weighted by Gasteiger charge is -2.26. The second-order valence-electron chi connectivity index (χ2n) is 3.67. The number of halogens is 1. The Morgan fingerprint density at radius 1 is 1.50 bits per heavy atom. The van der Waals surface area contributed by atoms with E-state index in [1.807, 2.05) is 17.9 Å². The van der Waals surface area contributed by atoms with Crippen LogP contribution in [0.5, 0.6) is 0 Å². The maximum atomic E-state index is 11.9. The highest BCUT2D eigenvalue weighted by Crippen LogP contribution is 2.05. The number of aryl methyl sites for hydroxylation is 1. The summed E-state index contributed by atoms with van der Waals surface area (Å²) < 4.78 is 0. The Bertz CT molecular complexity index is 346. The van der Waals surface area contributed by atoms with Crippen molar-refractivity contribution in [2.75, 3.05) is 26.2 Å². The normalized spacial score (nSPS) is 15.7. The molecule has 1 aliphatic rings. The van der Waals surface area contributed by atoms with Gasteiger partial charge in [-0.15, -0.1) is 12.4 Å². The van der Waals surface area contributed by atoms with Crippen molar-refractivity contribution in [2.45, 2.75) is 13.3 Å². The zero-order valence-corrected chi connectivity index (χ0v) is 10.1. The zero-order valence-electron chi connectivity index (χ0n) is 9.32. The van der Waals surface area contributed by atoms with Gasteiger partial charge >= 0.3 is 0 Å². The Kier molecular flexibility index (Phi) is 4.76. The van der Waals surface area contributed by atoms with Crippen molar-refractivity contribution in [3.05, 3.63) is 17.5 Å². The van der Waals surface area contributed by atoms with Crippen LogP contribution in [0.4, 0.5) is 0 Å². The molecule has 0 spiro atoms. The summed E-state index contributed by atoms with van der Waals surface area (Å²) in [7, 11) is 0. The first-order valence-electron chi connectivity index (χ1n) is 5.35. The largest absolute Gasteiger partial charge is 0.335 e. The van der Waals surface area contributed by atoms with E-state index in [1.54, 1.807) is 0 Å². The van der Waals surface area contributed by atoms with E-state index < -0.39 is 0 Å². The molecule has 90 valence electrons. The lowest BCUT2D eigenvalue weighted by molar-refractivity contribution is 0.0730. The summed E-state index contributed by atoms with van der Waals surface area (Å²) in [4.78, 5) is 13.8. The molecule has 1 saturated heterocycles. The molecule has 0 aromatic carbocycles. The first-order valence-corrected chi connectivity index (χ1v) is 5.35. The molecular weight excluding hydrogens is 228 g/mol. The number of nitrogens with zero attached hydrogens (tertiary/aromatic N) is 2. The van der Waals surface area contributed by atoms with Crippen LogP contribution in [0.25, 0.3) is 0 Å². The third kappa shape index (κ3) is 2.74. The van der Waals surface area contributed by atoms with Crippen LogP contribution in [0.2, 0.25) is 0 Å². The number of hydrogen-bond acceptors (Lipinski definition) is 3. The van der Waals surface area contributed by atoms with Crippen molar-refractivity contribution in [1.29, 1.82) is 0 Å². The molecule has 1 fully saturated rings. The van der Waals surface area contributed by atoms with Gasteiger partial charge in [0.25, 0.3) is 5.91 Å². The minimum Gasteiger partial charge on any atom is -0.335 e. The molecule has 6 heteroatoms. The van der Waals surface area contributed by atoms with Crippen molar-refractivity contribution in [3.63, 3.8) is 0 Å². The van der Waals surface area contributed by atoms with Gasteiger partial charge in [-0.25, -0.2) is 0 Å². The van der Waals surface area contributed by atoms with Crippen molar-refractivity contribution in [2.24, 2.45) is 0 Å². The van der Waals surface area contributed by atoms with Crippen LogP contribution in [-0.4, -0.2) is 47.2 Å². The summed E-state index contributed by atoms with van der Waals surface area (Å²) in [6.45, 7) is 5.32. The molecule has 0 aliphatic carbocycles. The van der Waals surface area contributed by atoms with Gasteiger partial charge in [-0.2, -0.15) is 5.10 Å². The summed E-state index contributed by atoms with van der Waals surface area (Å²) in [5.74, 6) is 0.0347. The second-order valence-corrected chi connectivity index (χ2v) is 3.67. The number of nitrogens with one attached hydrogen (secondary N) is 2. The van der Waals surface area contributed by atoms with Crippen LogP contribution in [0.15, 0.2) is 6.07 Å². The third-order valence-corrected chi connectivity index (χ3v) is 2.64. The predicted octanol–water partition coefficient (Wildman–Crippen LogP) is 0.439. The third-order valence-electron chi connectivity index (χ3n) is 2.64. The molecule has 5 nitrogen and oxygen atoms in total. The van der Waals surface area contributed by atoms with Gasteiger partial charge in [0, 0.05) is 31.9 Å². The van der Waals surface area contributed by atoms with Gasteiger partial charge in [-0.05, 0) is 12.5 Å². The number of aromatic nitrogens is 2. The number of aromatic amines is 1. The number of amides is 1. The van der Waals surface area contributed by atoms with Gasteiger partial charge in [0.2, 0.25) is 0 Å². The van der Waals surface area contributed by atoms with Gasteiger partial charge in [0.1, 0.15) is 5.69 Å². The lowest BCUT2D eigenvalue weighted by atomic mass is 10.2. The van der Waals surface area contributed by atoms with E-state index in [9.17, 15) is 4.79 Å². The highest BCUT2D eigenvalue weighted by molar-refractivity contribution is 5.92. The standard InChI is InChI=1S/C10H16N4O.ClH/c1-2-8-7-9(13-12-8)10(15)14-5-3-11-4-6-14;/h7,11H,2-6H2,1H3,(H,12,13);1H. The number of carbonyl (C=O) groups is 1. The van der Waals surface area contributed by atoms with Gasteiger partial charge in [0.15, 0.2) is 0 Å². The molecule has 1 aromatic rings. The maximum Gasteiger partial charge on any atom is 0.274 e. The van der Waals surface area contributed by atoms with Crippen LogP contribution < -0.4 is 5.32 Å². The highest BCUT2D eigenvalue weighted by Gasteiger charge is 2.19. The Hall–Kier alpha value is -1.07. The number of carbonyl (C=O) groups excluding carboxylic acids is 1. The molecule has 0 atom stereocenters. The Morgan fingerprint density at radius 2 is 2.19 bits per heavy atom. The minimum absolute atomic E-state index is 0. The molecule has 1 aliphatic heterocycles. The van der Waals surface area contributed by atoms with Crippen molar-refractivity contribution in [3.8, 4) is 0 Å². The number of rotatable bonds is 2. The van der Waals surface area contributed by atoms with Gasteiger partial charge in [-0.3, -0.25) is 9.89 Å². The molecule has 0 radical (unpaired) electrons. The Balaban J connectivity index is 0.00000128. The number of hydrogen-bond donors (Lipinski definition) is 2. The second kappa shape index (κ2) is 5.86. The monoisotopic (exact) mass is 244 g/mol. The first kappa shape index (κ1) is 13.0. The molecule has 0 saturated carbocycles. The van der Waals surface area contributed by atoms with Crippen LogP contribution >= 0.6 is 12.4 Å². The molecule has 0 unspecified atom stereocenters. The predicted molar refractivity (Wildman–Crippen MR) is 64.0 cm³/mol. The van der Waals surface area contributed by atoms with E-state index >= 15 is 0 Å². The van der Waals surface area contributed by atoms with E-state index in [0.29, 0.717) is 5.69 Å². The van der Waals surface area contributed by atoms with Gasteiger partial charge in [0.05, 0.1) is 0 Å². The fourth-order valence-corrected chi connectivity index (χ4v) is 1.68. The van der Waals surface area contributed by atoms with E-state index in [0.717, 1.165) is 38.3 Å². The minimum atomic E-state index is 0. The highest BCUT2D eigenvalue weighted by atomic mass is 35.5. The van der Waals surface area contributed by atoms with E-state index in [4.69, 9.17) is 0 Å². The summed E-state index contributed by atoms with van der Waals surface area (Å²) in [5, 5.41) is 10.1. The molecule has 0 bridgehead atoms. The van der Waals surface area contributed by atoms with E-state index in [1.165, 1.54) is 0 Å². The van der Waals surface area contributed by atoms with Crippen LogP contribution in [-0.2, 0) is 6.42 Å². The quantitative estimate of drug-likeness (QED) is 0.794. The topological polar surface area (TPSA) is 61.0 Å². The molecule has 1 amide bonds. The smallest absolute Gasteiger partial charge is 0.274 e. The Morgan fingerprint density at radius 3 is 2.75 bits per heavy atom. The van der Waals surface area contributed by atoms with E-state index in [-0.39, 0.29) is 18.3 Å². The fraction of sp³-hybridized carbons (Fsp3) is 0.600. The maximum absolute atomic E-state index is 11.9. The summed E-state index contributed by atoms with van der Waals surface area (Å²) in [6, 6.07) is 1.84. The van der Waals surface area contributed by atoms with Crippen molar-refractivity contribution in [1.82, 2.24) is 20.4 Å². The fourth-order valence-electron chi connectivity index (χ4n) is 1.68. The SMILES string of the molecule is CCc1cc(C(=O)N2CCNCC2)n[nH]1.Cl. The van der Waals surface area contributed by atoms with Gasteiger partial charge in [-0.1, -0.05) is 6.92 Å². The molecule has 16 heavy (non-hydrogen) atoms. The summed E-state index contributed by atoms with van der Waals surface area (Å²) in [6.07, 6.45) is 0.877. The van der Waals surface area contributed by atoms with Crippen LogP contribution in [0.3, 0.4) is 0 Å². The van der Waals surface area contributed by atoms with Crippen LogP contribution in [0.1, 0.15) is 23.1 Å². The lowest BCUT2D eigenvalue weighted by Crippen LogP contribution is -2.46. The summed E-state index contributed by atoms with van der Waals surface area (Å²) >= 11 is 0. The average Bonchev–Trinajstić information content (AvgIpc) is 2.78. The van der Waals surface area contributed by atoms with Gasteiger partial charge < -0.3 is 10.2 Å². The number of piperazine rings is 1. The Labute approximate surface area is 101 Å². The molecule has 1 aromatic heterocycles. The average molecular weight is 245 g/mol. The molecule has 2 heterocycles. The first-order chi connectivity index (χ1) is 7.31. The molecular formula is C10H17ClN4O. The van der Waals surface area contributed by atoms with Crippen molar-refractivity contribution >= 4 is 18.3 Å². The molecule has 2 N–H and O–H groups in total. The number of H-pyrrole nitrogens is 1. The molecule has 2 rings (SSSR count). The van der Waals surface area contributed by atoms with E-state index in [2.05, 4.69) is 15.5 Å².